The number of nitrogens with one attached hydrogen (secondary N) is 1. The van der Waals surface area contributed by atoms with Gasteiger partial charge in [0.1, 0.15) is 11.6 Å². The van der Waals surface area contributed by atoms with Crippen molar-refractivity contribution in [2.75, 3.05) is 13.1 Å². The van der Waals surface area contributed by atoms with E-state index in [9.17, 15) is 5.11 Å². The highest BCUT2D eigenvalue weighted by atomic mass is 16.3. The van der Waals surface area contributed by atoms with Crippen molar-refractivity contribution in [1.29, 1.82) is 0 Å². The molecule has 0 aliphatic carbocycles. The second kappa shape index (κ2) is 4.80. The Morgan fingerprint density at radius 2 is 1.70 bits per heavy atom. The van der Waals surface area contributed by atoms with Crippen molar-refractivity contribution in [3.05, 3.63) is 28.8 Å². The van der Waals surface area contributed by atoms with Crippen LogP contribution in [0.4, 0.5) is 0 Å². The van der Waals surface area contributed by atoms with Crippen LogP contribution in [-0.2, 0) is 10.8 Å². The number of phenols is 1. The lowest BCUT2D eigenvalue weighted by molar-refractivity contribution is 0.443. The number of nitrogens with zero attached hydrogens (tertiary/aromatic N) is 1. The normalized spacial score (nSPS) is 16.0. The van der Waals surface area contributed by atoms with Crippen LogP contribution in [0.25, 0.3) is 0 Å². The minimum atomic E-state index is -0.0980. The molecular weight excluding hydrogens is 248 g/mol. The number of phenolic OH excluding ortho intramolecular Hbond substituents is 1. The lowest BCUT2D eigenvalue weighted by Gasteiger charge is -2.27. The van der Waals surface area contributed by atoms with E-state index in [1.165, 1.54) is 5.56 Å². The monoisotopic (exact) mass is 274 g/mol. The molecular formula is C17H26N2O. The maximum Gasteiger partial charge on any atom is 0.132 e. The highest BCUT2D eigenvalue weighted by Gasteiger charge is 2.26. The summed E-state index contributed by atoms with van der Waals surface area (Å²) in [6.45, 7) is 14.6. The summed E-state index contributed by atoms with van der Waals surface area (Å²) in [4.78, 5) is 4.46. The molecule has 3 nitrogen and oxygen atoms in total. The molecule has 0 amide bonds. The number of benzene rings is 1. The van der Waals surface area contributed by atoms with Crippen molar-refractivity contribution < 1.29 is 5.11 Å². The molecule has 1 aromatic carbocycles. The molecule has 1 aliphatic rings. The van der Waals surface area contributed by atoms with Crippen molar-refractivity contribution in [2.45, 2.75) is 52.4 Å². The molecule has 0 radical (unpaired) electrons. The summed E-state index contributed by atoms with van der Waals surface area (Å²) in [6.07, 6.45) is 0. The van der Waals surface area contributed by atoms with E-state index in [4.69, 9.17) is 0 Å². The third kappa shape index (κ3) is 2.82. The van der Waals surface area contributed by atoms with Crippen molar-refractivity contribution in [3.8, 4) is 5.75 Å². The summed E-state index contributed by atoms with van der Waals surface area (Å²) in [7, 11) is 0. The van der Waals surface area contributed by atoms with Gasteiger partial charge in [0.2, 0.25) is 0 Å². The zero-order valence-electron chi connectivity index (χ0n) is 13.5. The van der Waals surface area contributed by atoms with Crippen LogP contribution in [0.5, 0.6) is 5.75 Å². The van der Waals surface area contributed by atoms with E-state index in [-0.39, 0.29) is 10.8 Å². The van der Waals surface area contributed by atoms with E-state index >= 15 is 0 Å². The fraction of sp³-hybridized carbons (Fsp3) is 0.588. The van der Waals surface area contributed by atoms with Gasteiger partial charge in [0.05, 0.1) is 12.1 Å². The molecule has 0 fully saturated rings. The van der Waals surface area contributed by atoms with Crippen LogP contribution in [0.2, 0.25) is 0 Å². The number of rotatable bonds is 1. The second-order valence-electron chi connectivity index (χ2n) is 7.58. The predicted octanol–water partition coefficient (Wildman–Crippen LogP) is 3.34. The van der Waals surface area contributed by atoms with Crippen molar-refractivity contribution in [1.82, 2.24) is 5.32 Å². The topological polar surface area (TPSA) is 44.6 Å². The molecule has 2 rings (SSSR count). The quantitative estimate of drug-likeness (QED) is 0.825. The fourth-order valence-electron chi connectivity index (χ4n) is 2.40. The molecule has 1 aliphatic heterocycles. The van der Waals surface area contributed by atoms with Gasteiger partial charge in [0.15, 0.2) is 0 Å². The van der Waals surface area contributed by atoms with Gasteiger partial charge in [-0.25, -0.2) is 0 Å². The maximum absolute atomic E-state index is 10.7. The molecule has 20 heavy (non-hydrogen) atoms. The summed E-state index contributed by atoms with van der Waals surface area (Å²) in [6, 6.07) is 4.20. The number of amidine groups is 1. The predicted molar refractivity (Wildman–Crippen MR) is 84.9 cm³/mol. The van der Waals surface area contributed by atoms with Gasteiger partial charge in [-0.15, -0.1) is 0 Å². The first-order chi connectivity index (χ1) is 9.10. The van der Waals surface area contributed by atoms with Crippen LogP contribution in [0.3, 0.4) is 0 Å². The Morgan fingerprint density at radius 3 is 2.15 bits per heavy atom. The van der Waals surface area contributed by atoms with E-state index < -0.39 is 0 Å². The Morgan fingerprint density at radius 1 is 1.05 bits per heavy atom. The largest absolute Gasteiger partial charge is 0.507 e. The molecule has 2 N–H and O–H groups in total. The van der Waals surface area contributed by atoms with Crippen LogP contribution < -0.4 is 5.32 Å². The lowest BCUT2D eigenvalue weighted by Crippen LogP contribution is -2.23. The summed E-state index contributed by atoms with van der Waals surface area (Å²) in [5.74, 6) is 1.18. The number of hydrogen-bond acceptors (Lipinski definition) is 3. The third-order valence-corrected chi connectivity index (χ3v) is 3.71. The molecule has 110 valence electrons. The van der Waals surface area contributed by atoms with Gasteiger partial charge in [-0.1, -0.05) is 47.6 Å². The molecule has 1 aromatic rings. The average molecular weight is 274 g/mol. The highest BCUT2D eigenvalue weighted by Crippen LogP contribution is 2.37. The molecule has 1 heterocycles. The van der Waals surface area contributed by atoms with Crippen molar-refractivity contribution >= 4 is 5.84 Å². The van der Waals surface area contributed by atoms with E-state index in [0.29, 0.717) is 5.75 Å². The van der Waals surface area contributed by atoms with Crippen molar-refractivity contribution in [2.24, 2.45) is 4.99 Å². The van der Waals surface area contributed by atoms with Gasteiger partial charge in [-0.3, -0.25) is 4.99 Å². The number of aliphatic imine (C=N–C) groups is 1. The molecule has 0 aromatic heterocycles. The van der Waals surface area contributed by atoms with E-state index in [1.807, 2.05) is 0 Å². The van der Waals surface area contributed by atoms with Crippen LogP contribution in [-0.4, -0.2) is 24.0 Å². The first-order valence-electron chi connectivity index (χ1n) is 7.27. The molecule has 0 saturated heterocycles. The van der Waals surface area contributed by atoms with Crippen LogP contribution in [0.1, 0.15) is 58.2 Å². The summed E-state index contributed by atoms with van der Waals surface area (Å²) in [5, 5.41) is 13.9. The van der Waals surface area contributed by atoms with Gasteiger partial charge >= 0.3 is 0 Å². The zero-order chi connectivity index (χ0) is 15.1. The fourth-order valence-corrected chi connectivity index (χ4v) is 2.40. The second-order valence-corrected chi connectivity index (χ2v) is 7.58. The van der Waals surface area contributed by atoms with Gasteiger partial charge < -0.3 is 10.4 Å². The molecule has 0 spiro atoms. The average Bonchev–Trinajstić information content (AvgIpc) is 2.79. The van der Waals surface area contributed by atoms with Gasteiger partial charge in [0, 0.05) is 12.1 Å². The van der Waals surface area contributed by atoms with Crippen molar-refractivity contribution in [3.63, 3.8) is 0 Å². The maximum atomic E-state index is 10.7. The highest BCUT2D eigenvalue weighted by molar-refractivity contribution is 6.02. The summed E-state index contributed by atoms with van der Waals surface area (Å²) < 4.78 is 0. The Labute approximate surface area is 122 Å². The first-order valence-corrected chi connectivity index (χ1v) is 7.27. The SMILES string of the molecule is CC(C)(C)c1cc(C2=NCCN2)c(O)c(C(C)(C)C)c1. The Kier molecular flexibility index (Phi) is 3.57. The van der Waals surface area contributed by atoms with E-state index in [2.05, 4.69) is 64.0 Å². The standard InChI is InChI=1S/C17H26N2O/c1-16(2,3)11-9-12(15-18-7-8-19-15)14(20)13(10-11)17(4,5)6/h9-10,20H,7-8H2,1-6H3,(H,18,19). The van der Waals surface area contributed by atoms with Gasteiger partial charge in [0.25, 0.3) is 0 Å². The molecule has 3 heteroatoms. The molecule has 0 bridgehead atoms. The molecule has 0 atom stereocenters. The van der Waals surface area contributed by atoms with E-state index in [0.717, 1.165) is 30.1 Å². The van der Waals surface area contributed by atoms with Gasteiger partial charge in [-0.05, 0) is 22.5 Å². The minimum absolute atomic E-state index is 0.0433. The smallest absolute Gasteiger partial charge is 0.132 e. The first kappa shape index (κ1) is 14.9. The molecule has 0 saturated carbocycles. The van der Waals surface area contributed by atoms with Crippen LogP contribution in [0, 0.1) is 0 Å². The Hall–Kier alpha value is -1.51. The Bertz CT molecular complexity index is 545. The van der Waals surface area contributed by atoms with E-state index in [1.54, 1.807) is 0 Å². The Balaban J connectivity index is 2.67. The summed E-state index contributed by atoms with van der Waals surface area (Å²) >= 11 is 0. The third-order valence-electron chi connectivity index (χ3n) is 3.71. The number of aromatic hydroxyl groups is 1. The van der Waals surface area contributed by atoms with Gasteiger partial charge in [-0.2, -0.15) is 0 Å². The molecule has 0 unspecified atom stereocenters. The number of hydrogen-bond donors (Lipinski definition) is 2. The minimum Gasteiger partial charge on any atom is -0.507 e. The zero-order valence-corrected chi connectivity index (χ0v) is 13.5. The lowest BCUT2D eigenvalue weighted by atomic mass is 9.79. The summed E-state index contributed by atoms with van der Waals surface area (Å²) in [5.41, 5.74) is 2.99. The van der Waals surface area contributed by atoms with Crippen LogP contribution in [0.15, 0.2) is 17.1 Å². The van der Waals surface area contributed by atoms with Crippen LogP contribution >= 0.6 is 0 Å².